The van der Waals surface area contributed by atoms with Gasteiger partial charge < -0.3 is 5.11 Å². The SMILES string of the molecule is C=C(C(=O)O)C(NS(=O)(=O)c1ccc(C)cc1)c1ccc(Cl)c(Cl)c1. The van der Waals surface area contributed by atoms with Crippen LogP contribution in [0.5, 0.6) is 0 Å². The lowest BCUT2D eigenvalue weighted by Crippen LogP contribution is -2.31. The van der Waals surface area contributed by atoms with E-state index in [9.17, 15) is 18.3 Å². The van der Waals surface area contributed by atoms with Gasteiger partial charge in [0.2, 0.25) is 10.0 Å². The van der Waals surface area contributed by atoms with E-state index < -0.39 is 22.0 Å². The number of nitrogens with one attached hydrogen (secondary N) is 1. The molecule has 0 aromatic heterocycles. The quantitative estimate of drug-likeness (QED) is 0.719. The van der Waals surface area contributed by atoms with Gasteiger partial charge in [0.25, 0.3) is 0 Å². The van der Waals surface area contributed by atoms with Crippen molar-refractivity contribution in [3.8, 4) is 0 Å². The number of carbonyl (C=O) groups is 1. The first kappa shape index (κ1) is 19.5. The second-order valence-corrected chi connectivity index (χ2v) is 7.90. The molecule has 5 nitrogen and oxygen atoms in total. The minimum Gasteiger partial charge on any atom is -0.478 e. The molecule has 0 bridgehead atoms. The van der Waals surface area contributed by atoms with Crippen LogP contribution in [0.2, 0.25) is 10.0 Å². The monoisotopic (exact) mass is 399 g/mol. The highest BCUT2D eigenvalue weighted by molar-refractivity contribution is 7.89. The molecule has 132 valence electrons. The molecular formula is C17H15Cl2NO4S. The molecule has 0 radical (unpaired) electrons. The topological polar surface area (TPSA) is 83.5 Å². The van der Waals surface area contributed by atoms with Crippen LogP contribution in [0, 0.1) is 6.92 Å². The summed E-state index contributed by atoms with van der Waals surface area (Å²) >= 11 is 11.8. The van der Waals surface area contributed by atoms with Gasteiger partial charge in [-0.1, -0.05) is 53.5 Å². The molecule has 0 saturated heterocycles. The predicted molar refractivity (Wildman–Crippen MR) is 97.5 cm³/mol. The van der Waals surface area contributed by atoms with Crippen LogP contribution in [-0.2, 0) is 14.8 Å². The van der Waals surface area contributed by atoms with Crippen LogP contribution in [0.4, 0.5) is 0 Å². The van der Waals surface area contributed by atoms with Gasteiger partial charge in [-0.05, 0) is 36.8 Å². The van der Waals surface area contributed by atoms with Crippen molar-refractivity contribution >= 4 is 39.2 Å². The van der Waals surface area contributed by atoms with Crippen molar-refractivity contribution in [1.29, 1.82) is 0 Å². The smallest absolute Gasteiger partial charge is 0.332 e. The highest BCUT2D eigenvalue weighted by Gasteiger charge is 2.27. The average Bonchev–Trinajstić information content (AvgIpc) is 2.55. The number of hydrogen-bond acceptors (Lipinski definition) is 3. The summed E-state index contributed by atoms with van der Waals surface area (Å²) in [6.45, 7) is 5.30. The number of hydrogen-bond donors (Lipinski definition) is 2. The van der Waals surface area contributed by atoms with Crippen molar-refractivity contribution in [2.24, 2.45) is 0 Å². The van der Waals surface area contributed by atoms with Crippen LogP contribution < -0.4 is 4.72 Å². The summed E-state index contributed by atoms with van der Waals surface area (Å²) in [5, 5.41) is 9.70. The zero-order chi connectivity index (χ0) is 18.8. The number of carboxylic acid groups (broad SMARTS) is 1. The van der Waals surface area contributed by atoms with Crippen LogP contribution in [0.25, 0.3) is 0 Å². The summed E-state index contributed by atoms with van der Waals surface area (Å²) < 4.78 is 27.6. The Morgan fingerprint density at radius 3 is 2.24 bits per heavy atom. The second kappa shape index (κ2) is 7.58. The number of benzene rings is 2. The van der Waals surface area contributed by atoms with E-state index in [4.69, 9.17) is 23.2 Å². The normalized spacial score (nSPS) is 12.6. The zero-order valence-corrected chi connectivity index (χ0v) is 15.5. The molecule has 0 heterocycles. The maximum absolute atomic E-state index is 12.6. The van der Waals surface area contributed by atoms with Gasteiger partial charge in [0.1, 0.15) is 0 Å². The first-order chi connectivity index (χ1) is 11.6. The number of carboxylic acids is 1. The van der Waals surface area contributed by atoms with E-state index >= 15 is 0 Å². The first-order valence-electron chi connectivity index (χ1n) is 7.08. The van der Waals surface area contributed by atoms with Crippen molar-refractivity contribution in [2.45, 2.75) is 17.9 Å². The van der Waals surface area contributed by atoms with Crippen molar-refractivity contribution in [2.75, 3.05) is 0 Å². The fraction of sp³-hybridized carbons (Fsp3) is 0.118. The van der Waals surface area contributed by atoms with E-state index in [1.54, 1.807) is 12.1 Å². The molecule has 0 amide bonds. The van der Waals surface area contributed by atoms with E-state index in [0.717, 1.165) is 5.56 Å². The summed E-state index contributed by atoms with van der Waals surface area (Å²) in [6, 6.07) is 9.33. The largest absolute Gasteiger partial charge is 0.478 e. The summed E-state index contributed by atoms with van der Waals surface area (Å²) in [4.78, 5) is 11.4. The number of rotatable bonds is 6. The van der Waals surface area contributed by atoms with Gasteiger partial charge in [-0.3, -0.25) is 0 Å². The Morgan fingerprint density at radius 2 is 1.72 bits per heavy atom. The molecule has 0 aliphatic rings. The molecular weight excluding hydrogens is 385 g/mol. The van der Waals surface area contributed by atoms with E-state index in [0.29, 0.717) is 5.56 Å². The molecule has 1 atom stereocenters. The number of sulfonamides is 1. The van der Waals surface area contributed by atoms with E-state index in [-0.39, 0.29) is 20.5 Å². The van der Waals surface area contributed by atoms with Crippen molar-refractivity contribution in [3.05, 3.63) is 75.8 Å². The Morgan fingerprint density at radius 1 is 1.12 bits per heavy atom. The molecule has 2 aromatic rings. The third kappa shape index (κ3) is 4.61. The molecule has 0 spiro atoms. The van der Waals surface area contributed by atoms with Gasteiger partial charge >= 0.3 is 5.97 Å². The first-order valence-corrected chi connectivity index (χ1v) is 9.32. The summed E-state index contributed by atoms with van der Waals surface area (Å²) in [6.07, 6.45) is 0. The summed E-state index contributed by atoms with van der Waals surface area (Å²) in [7, 11) is -3.98. The predicted octanol–water partition coefficient (Wildman–Crippen LogP) is 3.96. The summed E-state index contributed by atoms with van der Waals surface area (Å²) in [5.74, 6) is -1.33. The lowest BCUT2D eigenvalue weighted by Gasteiger charge is -2.20. The standard InChI is InChI=1S/C17H15Cl2NO4S/c1-10-3-6-13(7-4-10)25(23,24)20-16(11(2)17(21)22)12-5-8-14(18)15(19)9-12/h3-9,16,20H,2H2,1H3,(H,21,22). The van der Waals surface area contributed by atoms with Crippen LogP contribution in [0.15, 0.2) is 59.5 Å². The third-order valence-corrected chi connectivity index (χ3v) is 5.68. The van der Waals surface area contributed by atoms with Gasteiger partial charge in [-0.2, -0.15) is 4.72 Å². The van der Waals surface area contributed by atoms with Gasteiger partial charge in [0.05, 0.1) is 26.6 Å². The number of halogens is 2. The maximum Gasteiger partial charge on any atom is 0.332 e. The van der Waals surface area contributed by atoms with Gasteiger partial charge in [-0.15, -0.1) is 0 Å². The highest BCUT2D eigenvalue weighted by Crippen LogP contribution is 2.29. The summed E-state index contributed by atoms with van der Waals surface area (Å²) in [5.41, 5.74) is 0.876. The van der Waals surface area contributed by atoms with Crippen LogP contribution in [-0.4, -0.2) is 19.5 Å². The van der Waals surface area contributed by atoms with Crippen LogP contribution in [0.1, 0.15) is 17.2 Å². The van der Waals surface area contributed by atoms with E-state index in [1.807, 2.05) is 6.92 Å². The minimum absolute atomic E-state index is 0.0151. The Kier molecular flexibility index (Phi) is 5.90. The van der Waals surface area contributed by atoms with E-state index in [2.05, 4.69) is 11.3 Å². The molecule has 8 heteroatoms. The van der Waals surface area contributed by atoms with Crippen molar-refractivity contribution < 1.29 is 18.3 Å². The maximum atomic E-state index is 12.6. The number of aryl methyl sites for hydroxylation is 1. The Labute approximate surface area is 155 Å². The Balaban J connectivity index is 2.45. The lowest BCUT2D eigenvalue weighted by molar-refractivity contribution is -0.132. The highest BCUT2D eigenvalue weighted by atomic mass is 35.5. The van der Waals surface area contributed by atoms with Crippen LogP contribution in [0.3, 0.4) is 0 Å². The molecule has 0 aliphatic heterocycles. The lowest BCUT2D eigenvalue weighted by atomic mass is 10.0. The molecule has 0 aliphatic carbocycles. The number of aliphatic carboxylic acids is 1. The second-order valence-electron chi connectivity index (χ2n) is 5.37. The zero-order valence-electron chi connectivity index (χ0n) is 13.2. The molecule has 25 heavy (non-hydrogen) atoms. The van der Waals surface area contributed by atoms with Crippen LogP contribution >= 0.6 is 23.2 Å². The minimum atomic E-state index is -3.98. The molecule has 2 rings (SSSR count). The Hall–Kier alpha value is -1.86. The molecule has 1 unspecified atom stereocenters. The van der Waals surface area contributed by atoms with Gasteiger partial charge in [-0.25, -0.2) is 13.2 Å². The van der Waals surface area contributed by atoms with Crippen molar-refractivity contribution in [3.63, 3.8) is 0 Å². The fourth-order valence-corrected chi connectivity index (χ4v) is 3.62. The average molecular weight is 400 g/mol. The molecule has 2 N–H and O–H groups in total. The molecule has 0 fully saturated rings. The molecule has 2 aromatic carbocycles. The molecule has 0 saturated carbocycles. The third-order valence-electron chi connectivity index (χ3n) is 3.50. The Bertz CT molecular complexity index is 924. The van der Waals surface area contributed by atoms with Crippen molar-refractivity contribution in [1.82, 2.24) is 4.72 Å². The fourth-order valence-electron chi connectivity index (χ4n) is 2.10. The van der Waals surface area contributed by atoms with E-state index in [1.165, 1.54) is 30.3 Å². The van der Waals surface area contributed by atoms with Gasteiger partial charge in [0.15, 0.2) is 0 Å². The van der Waals surface area contributed by atoms with Gasteiger partial charge in [0, 0.05) is 0 Å².